The first-order chi connectivity index (χ1) is 26.9. The summed E-state index contributed by atoms with van der Waals surface area (Å²) in [6.07, 6.45) is 9.05. The summed E-state index contributed by atoms with van der Waals surface area (Å²) < 4.78 is 71.3. The summed E-state index contributed by atoms with van der Waals surface area (Å²) in [6, 6.07) is 10.6. The molecule has 57 heavy (non-hydrogen) atoms. The van der Waals surface area contributed by atoms with Crippen molar-refractivity contribution in [3.63, 3.8) is 0 Å². The predicted molar refractivity (Wildman–Crippen MR) is 197 cm³/mol. The third-order valence-electron chi connectivity index (χ3n) is 9.07. The molecule has 4 aromatic rings. The van der Waals surface area contributed by atoms with Crippen molar-refractivity contribution >= 4 is 42.5 Å². The van der Waals surface area contributed by atoms with Gasteiger partial charge in [0.25, 0.3) is 0 Å². The van der Waals surface area contributed by atoms with E-state index in [2.05, 4.69) is 91.4 Å². The van der Waals surface area contributed by atoms with Crippen LogP contribution in [0.3, 0.4) is 0 Å². The molecule has 8 rings (SSSR count). The van der Waals surface area contributed by atoms with E-state index in [4.69, 9.17) is 21.8 Å². The number of carbonyl (C=O) groups is 2. The van der Waals surface area contributed by atoms with Crippen molar-refractivity contribution < 1.29 is 53.9 Å². The Morgan fingerprint density at radius 1 is 0.807 bits per heavy atom. The first-order valence-electron chi connectivity index (χ1n) is 17.6. The third kappa shape index (κ3) is 13.4. The lowest BCUT2D eigenvalue weighted by Gasteiger charge is -2.27. The number of benzene rings is 1. The van der Waals surface area contributed by atoms with Crippen LogP contribution >= 0.6 is 10.7 Å². The third-order valence-corrected chi connectivity index (χ3v) is 9.42. The molecule has 2 N–H and O–H groups in total. The molecule has 4 amide bonds. The smallest absolute Gasteiger partial charge is 0.353 e. The van der Waals surface area contributed by atoms with Gasteiger partial charge in [0.15, 0.2) is 0 Å². The van der Waals surface area contributed by atoms with E-state index in [0.717, 1.165) is 42.8 Å². The minimum Gasteiger partial charge on any atom is -0.724 e. The molecule has 21 nitrogen and oxygen atoms in total. The standard InChI is InChI=1S/C9H12.C8H10N4O6S.C8H10N4O3.C8H11N.ClHO3S/c1-3-9-6-4-8(2)5-7-9;13-8-11-3-5(12(8)18-19(14,15)16)1-2-6(11)7-10-9-4-17-7;13-8-11-3-5(12(8)14)1-2-6(11)7-10-9-4-15-7;1-3-8-5-4-7(2)9-6-8;1-5(2,3)4/h4-7H,3H2,1-2H3;4-6H,1-3H2,(H,14,15,16);4-6,14H,1-3H2;4-6H,3H2,1-2H3;(H,2,3,4)/p-1/t;2*5-,6+;;/m.11../s1. The zero-order valence-electron chi connectivity index (χ0n) is 31.4. The number of aromatic nitrogens is 5. The zero-order chi connectivity index (χ0) is 41.9. The summed E-state index contributed by atoms with van der Waals surface area (Å²) in [4.78, 5) is 30.7. The van der Waals surface area contributed by atoms with E-state index >= 15 is 0 Å². The van der Waals surface area contributed by atoms with E-state index in [1.54, 1.807) is 4.90 Å². The van der Waals surface area contributed by atoms with Crippen molar-refractivity contribution in [2.24, 2.45) is 0 Å². The van der Waals surface area contributed by atoms with Crippen molar-refractivity contribution in [2.75, 3.05) is 13.1 Å². The Bertz CT molecular complexity index is 2040. The van der Waals surface area contributed by atoms with E-state index in [1.807, 2.05) is 19.2 Å². The number of amides is 4. The Labute approximate surface area is 333 Å². The largest absolute Gasteiger partial charge is 0.724 e. The van der Waals surface area contributed by atoms with E-state index in [0.29, 0.717) is 30.3 Å². The molecule has 0 unspecified atom stereocenters. The number of piperidine rings is 2. The van der Waals surface area contributed by atoms with Gasteiger partial charge in [0.05, 0.1) is 12.1 Å². The van der Waals surface area contributed by atoms with Gasteiger partial charge in [0.2, 0.25) is 35.0 Å². The average molecular weight is 857 g/mol. The molecule has 0 aliphatic carbocycles. The molecular formula is C33H43ClN9O12S2-. The van der Waals surface area contributed by atoms with Gasteiger partial charge in [-0.1, -0.05) is 49.7 Å². The van der Waals surface area contributed by atoms with Gasteiger partial charge in [-0.3, -0.25) is 14.7 Å². The predicted octanol–water partition coefficient (Wildman–Crippen LogP) is 4.34. The van der Waals surface area contributed by atoms with Crippen molar-refractivity contribution in [1.29, 1.82) is 0 Å². The molecule has 4 aliphatic heterocycles. The SMILES string of the molecule is CCc1ccc(C)cc1.CCc1ccc(C)nc1.O=C1N(O)[C@@H]2CC[C@@H](c3nnco3)N1C2.O=C1N2C[C@@H](CC[C@H]2c2nnco2)N1OS(=O)(=O)[O-].O=S(=O)(O)Cl. The van der Waals surface area contributed by atoms with Crippen molar-refractivity contribution in [3.8, 4) is 0 Å². The highest BCUT2D eigenvalue weighted by molar-refractivity contribution is 8.09. The Morgan fingerprint density at radius 2 is 1.30 bits per heavy atom. The van der Waals surface area contributed by atoms with Gasteiger partial charge in [0.1, 0.15) is 12.1 Å². The van der Waals surface area contributed by atoms with Gasteiger partial charge in [-0.15, -0.1) is 20.4 Å². The van der Waals surface area contributed by atoms with E-state index < -0.39 is 37.8 Å². The van der Waals surface area contributed by atoms with Crippen LogP contribution in [-0.2, 0) is 36.9 Å². The summed E-state index contributed by atoms with van der Waals surface area (Å²) in [5, 5.41) is 25.5. The highest BCUT2D eigenvalue weighted by atomic mass is 35.7. The molecule has 4 bridgehead atoms. The molecule has 0 spiro atoms. The number of aryl methyl sites for hydroxylation is 4. The van der Waals surface area contributed by atoms with Crippen LogP contribution in [0, 0.1) is 13.8 Å². The number of nitrogens with zero attached hydrogens (tertiary/aromatic N) is 9. The van der Waals surface area contributed by atoms with Crippen LogP contribution in [0.15, 0.2) is 64.2 Å². The van der Waals surface area contributed by atoms with Crippen LogP contribution in [0.4, 0.5) is 9.59 Å². The number of pyridine rings is 1. The maximum Gasteiger partial charge on any atom is 0.353 e. The molecule has 3 aromatic heterocycles. The summed E-state index contributed by atoms with van der Waals surface area (Å²) in [6.45, 7) is 9.19. The first kappa shape index (κ1) is 44.9. The molecule has 312 valence electrons. The Hall–Kier alpha value is -4.78. The highest BCUT2D eigenvalue weighted by Crippen LogP contribution is 2.38. The molecule has 24 heteroatoms. The van der Waals surface area contributed by atoms with Gasteiger partial charge < -0.3 is 23.2 Å². The molecule has 4 aliphatic rings. The number of hydrogen-bond acceptors (Lipinski definition) is 16. The molecule has 0 saturated carbocycles. The summed E-state index contributed by atoms with van der Waals surface area (Å²) >= 11 is 0. The van der Waals surface area contributed by atoms with Crippen molar-refractivity contribution in [3.05, 3.63) is 89.5 Å². The average Bonchev–Trinajstić information content (AvgIpc) is 3.98. The number of carbonyl (C=O) groups excluding carboxylic acids is 2. The fourth-order valence-electron chi connectivity index (χ4n) is 6.18. The second-order valence-electron chi connectivity index (χ2n) is 13.0. The van der Waals surface area contributed by atoms with Gasteiger partial charge in [0, 0.05) is 35.7 Å². The molecule has 4 fully saturated rings. The maximum absolute atomic E-state index is 12.0. The van der Waals surface area contributed by atoms with Crippen LogP contribution in [-0.4, -0.2) is 114 Å². The lowest BCUT2D eigenvalue weighted by atomic mass is 10.0. The van der Waals surface area contributed by atoms with Gasteiger partial charge >= 0.3 is 21.4 Å². The lowest BCUT2D eigenvalue weighted by molar-refractivity contribution is -0.0584. The zero-order valence-corrected chi connectivity index (χ0v) is 33.7. The minimum atomic E-state index is -4.97. The van der Waals surface area contributed by atoms with Crippen LogP contribution in [0.2, 0.25) is 0 Å². The number of hydroxylamine groups is 4. The maximum atomic E-state index is 12.0. The van der Waals surface area contributed by atoms with Crippen LogP contribution in [0.1, 0.15) is 85.8 Å². The topological polar surface area (TPSA) is 279 Å². The van der Waals surface area contributed by atoms with E-state index in [-0.39, 0.29) is 30.6 Å². The van der Waals surface area contributed by atoms with Crippen molar-refractivity contribution in [2.45, 2.75) is 90.4 Å². The van der Waals surface area contributed by atoms with Gasteiger partial charge in [-0.2, -0.15) is 17.8 Å². The van der Waals surface area contributed by atoms with Crippen LogP contribution in [0.5, 0.6) is 0 Å². The molecule has 4 saturated heterocycles. The highest BCUT2D eigenvalue weighted by Gasteiger charge is 2.49. The molecular weight excluding hydrogens is 814 g/mol. The number of urea groups is 2. The lowest BCUT2D eigenvalue weighted by Crippen LogP contribution is -2.35. The van der Waals surface area contributed by atoms with Gasteiger partial charge in [-0.25, -0.2) is 23.1 Å². The summed E-state index contributed by atoms with van der Waals surface area (Å²) in [5.74, 6) is 0.718. The fourth-order valence-corrected chi connectivity index (χ4v) is 6.56. The van der Waals surface area contributed by atoms with E-state index in [1.165, 1.54) is 28.0 Å². The number of fused-ring (bicyclic) bond motifs is 4. The monoisotopic (exact) mass is 856 g/mol. The second kappa shape index (κ2) is 20.1. The summed E-state index contributed by atoms with van der Waals surface area (Å²) in [5.41, 5.74) is 5.15. The number of halogens is 1. The van der Waals surface area contributed by atoms with Crippen molar-refractivity contribution in [1.82, 2.24) is 45.3 Å². The Balaban J connectivity index is 0.000000169. The second-order valence-corrected chi connectivity index (χ2v) is 15.9. The fraction of sp³-hybridized carbons (Fsp3) is 0.485. The molecule has 7 heterocycles. The molecule has 4 atom stereocenters. The molecule has 1 aromatic carbocycles. The summed E-state index contributed by atoms with van der Waals surface area (Å²) in [7, 11) is -5.11. The van der Waals surface area contributed by atoms with Crippen LogP contribution < -0.4 is 0 Å². The number of hydrogen-bond donors (Lipinski definition) is 2. The number of rotatable bonds is 6. The van der Waals surface area contributed by atoms with Gasteiger partial charge in [-0.05, 0) is 69.6 Å². The Morgan fingerprint density at radius 3 is 1.75 bits per heavy atom. The quantitative estimate of drug-likeness (QED) is 0.118. The minimum absolute atomic E-state index is 0.0864. The normalized spacial score (nSPS) is 21.0. The molecule has 0 radical (unpaired) electrons. The van der Waals surface area contributed by atoms with E-state index in [9.17, 15) is 27.8 Å². The first-order valence-corrected chi connectivity index (χ1v) is 21.2. The van der Waals surface area contributed by atoms with Crippen LogP contribution in [0.25, 0.3) is 0 Å². The Kier molecular flexibility index (Phi) is 15.8.